The number of aromatic nitrogens is 1. The lowest BCUT2D eigenvalue weighted by Crippen LogP contribution is -2.53. The number of anilines is 1. The maximum absolute atomic E-state index is 11.8. The van der Waals surface area contributed by atoms with E-state index in [0.29, 0.717) is 10.8 Å². The van der Waals surface area contributed by atoms with Gasteiger partial charge in [0.15, 0.2) is 0 Å². The number of amides is 1. The van der Waals surface area contributed by atoms with E-state index in [1.165, 1.54) is 10.5 Å². The molecule has 1 aromatic rings. The molecule has 6 nitrogen and oxygen atoms in total. The molecule has 98 valence electrons. The molecule has 0 saturated carbocycles. The third-order valence-corrected chi connectivity index (χ3v) is 4.14. The van der Waals surface area contributed by atoms with Crippen LogP contribution in [0.4, 0.5) is 5.69 Å². The molecule has 1 fully saturated rings. The van der Waals surface area contributed by atoms with Crippen molar-refractivity contribution in [3.8, 4) is 0 Å². The molecular weight excluding hydrogens is 278 g/mol. The third kappa shape index (κ3) is 2.98. The SMILES string of the molecule is CS(=O)(=O)N1CC(C(=O)Nc2ccc(Cl)nc2)C1. The second-order valence-electron chi connectivity index (χ2n) is 4.14. The van der Waals surface area contributed by atoms with Gasteiger partial charge in [0, 0.05) is 13.1 Å². The maximum atomic E-state index is 11.8. The molecule has 1 amide bonds. The summed E-state index contributed by atoms with van der Waals surface area (Å²) in [5.41, 5.74) is 0.544. The summed E-state index contributed by atoms with van der Waals surface area (Å²) in [4.78, 5) is 15.6. The zero-order valence-corrected chi connectivity index (χ0v) is 11.2. The van der Waals surface area contributed by atoms with Gasteiger partial charge >= 0.3 is 0 Å². The van der Waals surface area contributed by atoms with Gasteiger partial charge in [-0.05, 0) is 12.1 Å². The highest BCUT2D eigenvalue weighted by atomic mass is 35.5. The van der Waals surface area contributed by atoms with Gasteiger partial charge in [0.25, 0.3) is 0 Å². The minimum Gasteiger partial charge on any atom is -0.324 e. The van der Waals surface area contributed by atoms with E-state index in [4.69, 9.17) is 11.6 Å². The molecule has 0 aliphatic carbocycles. The molecule has 1 aromatic heterocycles. The van der Waals surface area contributed by atoms with Crippen molar-refractivity contribution in [1.82, 2.24) is 9.29 Å². The average Bonchev–Trinajstić information content (AvgIpc) is 2.17. The van der Waals surface area contributed by atoms with Crippen molar-refractivity contribution in [2.75, 3.05) is 24.7 Å². The first-order valence-corrected chi connectivity index (χ1v) is 7.46. The Morgan fingerprint density at radius 1 is 1.50 bits per heavy atom. The topological polar surface area (TPSA) is 79.4 Å². The van der Waals surface area contributed by atoms with Crippen molar-refractivity contribution >= 4 is 33.2 Å². The summed E-state index contributed by atoms with van der Waals surface area (Å²) in [6.45, 7) is 0.456. The summed E-state index contributed by atoms with van der Waals surface area (Å²) < 4.78 is 23.6. The van der Waals surface area contributed by atoms with Crippen molar-refractivity contribution < 1.29 is 13.2 Å². The lowest BCUT2D eigenvalue weighted by Gasteiger charge is -2.35. The summed E-state index contributed by atoms with van der Waals surface area (Å²) in [7, 11) is -3.19. The van der Waals surface area contributed by atoms with Crippen LogP contribution in [-0.2, 0) is 14.8 Å². The first-order valence-electron chi connectivity index (χ1n) is 5.24. The minimum atomic E-state index is -3.19. The lowest BCUT2D eigenvalue weighted by molar-refractivity contribution is -0.122. The maximum Gasteiger partial charge on any atom is 0.230 e. The van der Waals surface area contributed by atoms with E-state index in [0.717, 1.165) is 6.26 Å². The van der Waals surface area contributed by atoms with Crippen LogP contribution in [-0.4, -0.2) is 43.0 Å². The number of pyridine rings is 1. The predicted molar refractivity (Wildman–Crippen MR) is 67.8 cm³/mol. The first-order chi connectivity index (χ1) is 8.36. The number of hydrogen-bond donors (Lipinski definition) is 1. The molecule has 1 saturated heterocycles. The Labute approximate surface area is 110 Å². The number of rotatable bonds is 3. The fourth-order valence-corrected chi connectivity index (χ4v) is 2.58. The molecule has 0 radical (unpaired) electrons. The highest BCUT2D eigenvalue weighted by Gasteiger charge is 2.37. The van der Waals surface area contributed by atoms with Gasteiger partial charge in [-0.25, -0.2) is 17.7 Å². The quantitative estimate of drug-likeness (QED) is 0.825. The normalized spacial score (nSPS) is 17.2. The Bertz CT molecular complexity index is 552. The van der Waals surface area contributed by atoms with Crippen LogP contribution in [0.3, 0.4) is 0 Å². The number of carbonyl (C=O) groups is 1. The number of halogens is 1. The Kier molecular flexibility index (Phi) is 3.56. The fourth-order valence-electron chi connectivity index (χ4n) is 1.57. The molecule has 1 aliphatic heterocycles. The van der Waals surface area contributed by atoms with Gasteiger partial charge < -0.3 is 5.32 Å². The molecular formula is C10H12ClN3O3S. The van der Waals surface area contributed by atoms with Crippen molar-refractivity contribution in [2.24, 2.45) is 5.92 Å². The second-order valence-corrected chi connectivity index (χ2v) is 6.51. The minimum absolute atomic E-state index is 0.209. The number of nitrogens with zero attached hydrogens (tertiary/aromatic N) is 2. The summed E-state index contributed by atoms with van der Waals surface area (Å²) in [5.74, 6) is -0.519. The molecule has 0 unspecified atom stereocenters. The molecule has 2 heterocycles. The van der Waals surface area contributed by atoms with Gasteiger partial charge in [0.2, 0.25) is 15.9 Å². The third-order valence-electron chi connectivity index (χ3n) is 2.68. The molecule has 0 atom stereocenters. The Morgan fingerprint density at radius 2 is 2.17 bits per heavy atom. The van der Waals surface area contributed by atoms with Crippen molar-refractivity contribution in [3.05, 3.63) is 23.5 Å². The molecule has 18 heavy (non-hydrogen) atoms. The van der Waals surface area contributed by atoms with E-state index in [-0.39, 0.29) is 24.9 Å². The monoisotopic (exact) mass is 289 g/mol. The van der Waals surface area contributed by atoms with E-state index >= 15 is 0 Å². The summed E-state index contributed by atoms with van der Waals surface area (Å²) >= 11 is 5.62. The van der Waals surface area contributed by atoms with Crippen LogP contribution in [0, 0.1) is 5.92 Å². The molecule has 1 N–H and O–H groups in total. The summed E-state index contributed by atoms with van der Waals surface area (Å²) in [6, 6.07) is 3.21. The molecule has 0 bridgehead atoms. The zero-order valence-electron chi connectivity index (χ0n) is 9.63. The standard InChI is InChI=1S/C10H12ClN3O3S/c1-18(16,17)14-5-7(6-14)10(15)13-8-2-3-9(11)12-4-8/h2-4,7H,5-6H2,1H3,(H,13,15). The van der Waals surface area contributed by atoms with Crippen molar-refractivity contribution in [2.45, 2.75) is 0 Å². The number of sulfonamides is 1. The first kappa shape index (κ1) is 13.3. The smallest absolute Gasteiger partial charge is 0.230 e. The number of nitrogens with one attached hydrogen (secondary N) is 1. The van der Waals surface area contributed by atoms with E-state index < -0.39 is 10.0 Å². The molecule has 0 spiro atoms. The van der Waals surface area contributed by atoms with E-state index in [1.54, 1.807) is 12.1 Å². The summed E-state index contributed by atoms with van der Waals surface area (Å²) in [6.07, 6.45) is 2.58. The predicted octanol–water partition coefficient (Wildman–Crippen LogP) is 0.565. The van der Waals surface area contributed by atoms with E-state index in [2.05, 4.69) is 10.3 Å². The molecule has 1 aliphatic rings. The number of carbonyl (C=O) groups excluding carboxylic acids is 1. The Morgan fingerprint density at radius 3 is 2.67 bits per heavy atom. The Hall–Kier alpha value is -1.18. The second kappa shape index (κ2) is 4.83. The number of hydrogen-bond acceptors (Lipinski definition) is 4. The van der Waals surface area contributed by atoms with Crippen molar-refractivity contribution in [1.29, 1.82) is 0 Å². The van der Waals surface area contributed by atoms with Gasteiger partial charge in [-0.15, -0.1) is 0 Å². The molecule has 0 aromatic carbocycles. The lowest BCUT2D eigenvalue weighted by atomic mass is 10.0. The summed E-state index contributed by atoms with van der Waals surface area (Å²) in [5, 5.41) is 3.01. The average molecular weight is 290 g/mol. The fraction of sp³-hybridized carbons (Fsp3) is 0.400. The highest BCUT2D eigenvalue weighted by molar-refractivity contribution is 7.88. The van der Waals surface area contributed by atoms with Crippen LogP contribution in [0.5, 0.6) is 0 Å². The zero-order chi connectivity index (χ0) is 13.3. The van der Waals surface area contributed by atoms with Gasteiger partial charge in [-0.1, -0.05) is 11.6 Å². The van der Waals surface area contributed by atoms with Crippen LogP contribution >= 0.6 is 11.6 Å². The molecule has 8 heteroatoms. The van der Waals surface area contributed by atoms with Gasteiger partial charge in [-0.2, -0.15) is 0 Å². The van der Waals surface area contributed by atoms with Crippen LogP contribution in [0.1, 0.15) is 0 Å². The van der Waals surface area contributed by atoms with Crippen LogP contribution in [0.15, 0.2) is 18.3 Å². The highest BCUT2D eigenvalue weighted by Crippen LogP contribution is 2.20. The van der Waals surface area contributed by atoms with E-state index in [9.17, 15) is 13.2 Å². The Balaban J connectivity index is 1.89. The van der Waals surface area contributed by atoms with Gasteiger partial charge in [-0.3, -0.25) is 4.79 Å². The van der Waals surface area contributed by atoms with Crippen molar-refractivity contribution in [3.63, 3.8) is 0 Å². The van der Waals surface area contributed by atoms with E-state index in [1.807, 2.05) is 0 Å². The van der Waals surface area contributed by atoms with Crippen LogP contribution in [0.25, 0.3) is 0 Å². The van der Waals surface area contributed by atoms with Gasteiger partial charge in [0.1, 0.15) is 5.15 Å². The molecule has 2 rings (SSSR count). The van der Waals surface area contributed by atoms with Crippen LogP contribution in [0.2, 0.25) is 5.15 Å². The van der Waals surface area contributed by atoms with Crippen LogP contribution < -0.4 is 5.32 Å². The largest absolute Gasteiger partial charge is 0.324 e. The van der Waals surface area contributed by atoms with Gasteiger partial charge in [0.05, 0.1) is 24.1 Å².